The first-order chi connectivity index (χ1) is 8.63. The first kappa shape index (κ1) is 13.4. The summed E-state index contributed by atoms with van der Waals surface area (Å²) in [6.07, 6.45) is 2.66. The summed E-state index contributed by atoms with van der Waals surface area (Å²) in [6.45, 7) is 3.12. The number of benzene rings is 1. The highest BCUT2D eigenvalue weighted by Gasteiger charge is 2.28. The third kappa shape index (κ3) is 2.70. The van der Waals surface area contributed by atoms with Crippen LogP contribution in [0.25, 0.3) is 0 Å². The third-order valence-corrected chi connectivity index (χ3v) is 4.45. The number of carbonyl (C=O) groups is 1. The molecule has 1 aliphatic heterocycles. The lowest BCUT2D eigenvalue weighted by Crippen LogP contribution is -2.39. The normalized spacial score (nSPS) is 20.7. The minimum absolute atomic E-state index is 0.152. The monoisotopic (exact) mass is 264 g/mol. The fraction of sp³-hybridized carbons (Fsp3) is 0.500. The van der Waals surface area contributed by atoms with Crippen molar-refractivity contribution >= 4 is 23.4 Å². The summed E-state index contributed by atoms with van der Waals surface area (Å²) in [6, 6.07) is 8.29. The van der Waals surface area contributed by atoms with Crippen LogP contribution < -0.4 is 10.2 Å². The highest BCUT2D eigenvalue weighted by Crippen LogP contribution is 2.33. The highest BCUT2D eigenvalue weighted by atomic mass is 32.2. The van der Waals surface area contributed by atoms with Crippen LogP contribution in [-0.4, -0.2) is 31.0 Å². The van der Waals surface area contributed by atoms with Crippen molar-refractivity contribution < 1.29 is 4.79 Å². The molecule has 0 radical (unpaired) electrons. The Morgan fingerprint density at radius 3 is 2.94 bits per heavy atom. The van der Waals surface area contributed by atoms with Gasteiger partial charge in [0.05, 0.1) is 0 Å². The number of hydrogen-bond acceptors (Lipinski definition) is 3. The lowest BCUT2D eigenvalue weighted by molar-refractivity contribution is -0.119. The first-order valence-corrected chi connectivity index (χ1v) is 7.54. The molecule has 0 bridgehead atoms. The molecule has 1 N–H and O–H groups in total. The van der Waals surface area contributed by atoms with Crippen LogP contribution in [-0.2, 0) is 4.79 Å². The van der Waals surface area contributed by atoms with E-state index in [0.29, 0.717) is 11.7 Å². The number of carbonyl (C=O) groups excluding carboxylic acids is 1. The van der Waals surface area contributed by atoms with E-state index in [9.17, 15) is 4.79 Å². The minimum Gasteiger partial charge on any atom is -0.315 e. The Balaban J connectivity index is 2.17. The van der Waals surface area contributed by atoms with Gasteiger partial charge in [-0.05, 0) is 17.9 Å². The van der Waals surface area contributed by atoms with Crippen molar-refractivity contribution in [3.8, 4) is 0 Å². The lowest BCUT2D eigenvalue weighted by atomic mass is 9.96. The predicted octanol–water partition coefficient (Wildman–Crippen LogP) is 2.44. The standard InChI is InChI=1S/C14H20N2OS/c1-10(18-3)9-15-12-8-14(17)16(2)13-7-5-4-6-11(12)13/h4-7,10,12,15H,8-9H2,1-3H3. The van der Waals surface area contributed by atoms with E-state index in [2.05, 4.69) is 24.6 Å². The van der Waals surface area contributed by atoms with Crippen molar-refractivity contribution in [2.75, 3.05) is 24.7 Å². The molecular weight excluding hydrogens is 244 g/mol. The number of para-hydroxylation sites is 1. The van der Waals surface area contributed by atoms with Gasteiger partial charge in [-0.1, -0.05) is 25.1 Å². The van der Waals surface area contributed by atoms with Gasteiger partial charge in [0, 0.05) is 37.0 Å². The van der Waals surface area contributed by atoms with E-state index < -0.39 is 0 Å². The number of thioether (sulfide) groups is 1. The van der Waals surface area contributed by atoms with Gasteiger partial charge in [-0.15, -0.1) is 0 Å². The summed E-state index contributed by atoms with van der Waals surface area (Å²) < 4.78 is 0. The second-order valence-corrected chi connectivity index (χ2v) is 6.00. The Kier molecular flexibility index (Phi) is 4.30. The maximum atomic E-state index is 12.0. The van der Waals surface area contributed by atoms with E-state index in [1.54, 1.807) is 4.90 Å². The van der Waals surface area contributed by atoms with Crippen molar-refractivity contribution in [2.24, 2.45) is 0 Å². The predicted molar refractivity (Wildman–Crippen MR) is 78.2 cm³/mol. The van der Waals surface area contributed by atoms with Crippen LogP contribution in [0.5, 0.6) is 0 Å². The number of hydrogen-bond donors (Lipinski definition) is 1. The quantitative estimate of drug-likeness (QED) is 0.906. The van der Waals surface area contributed by atoms with E-state index in [1.165, 1.54) is 5.56 Å². The van der Waals surface area contributed by atoms with Crippen molar-refractivity contribution in [3.63, 3.8) is 0 Å². The van der Waals surface area contributed by atoms with Crippen molar-refractivity contribution in [2.45, 2.75) is 24.6 Å². The summed E-state index contributed by atoms with van der Waals surface area (Å²) in [5.41, 5.74) is 2.26. The van der Waals surface area contributed by atoms with E-state index in [4.69, 9.17) is 0 Å². The molecular formula is C14H20N2OS. The molecule has 0 aromatic heterocycles. The van der Waals surface area contributed by atoms with E-state index in [1.807, 2.05) is 37.0 Å². The average molecular weight is 264 g/mol. The Bertz CT molecular complexity index is 436. The molecule has 0 saturated heterocycles. The molecule has 1 aromatic rings. The second kappa shape index (κ2) is 5.76. The number of fused-ring (bicyclic) bond motifs is 1. The van der Waals surface area contributed by atoms with Crippen LogP contribution in [0.15, 0.2) is 24.3 Å². The topological polar surface area (TPSA) is 32.3 Å². The zero-order valence-corrected chi connectivity index (χ0v) is 12.0. The van der Waals surface area contributed by atoms with Gasteiger partial charge in [0.1, 0.15) is 0 Å². The zero-order chi connectivity index (χ0) is 13.1. The fourth-order valence-electron chi connectivity index (χ4n) is 2.22. The summed E-state index contributed by atoms with van der Waals surface area (Å²) >= 11 is 1.84. The maximum absolute atomic E-state index is 12.0. The Labute approximate surface area is 113 Å². The SMILES string of the molecule is CSC(C)CNC1CC(=O)N(C)c2ccccc21. The van der Waals surface area contributed by atoms with Gasteiger partial charge in [0.2, 0.25) is 5.91 Å². The number of amides is 1. The largest absolute Gasteiger partial charge is 0.315 e. The molecule has 2 rings (SSSR count). The van der Waals surface area contributed by atoms with Gasteiger partial charge in [0.25, 0.3) is 0 Å². The molecule has 3 nitrogen and oxygen atoms in total. The molecule has 1 aromatic carbocycles. The fourth-order valence-corrected chi connectivity index (χ4v) is 2.48. The van der Waals surface area contributed by atoms with Gasteiger partial charge >= 0.3 is 0 Å². The molecule has 18 heavy (non-hydrogen) atoms. The molecule has 0 fully saturated rings. The van der Waals surface area contributed by atoms with Gasteiger partial charge in [-0.2, -0.15) is 11.8 Å². The van der Waals surface area contributed by atoms with E-state index in [-0.39, 0.29) is 11.9 Å². The second-order valence-electron chi connectivity index (χ2n) is 4.72. The lowest BCUT2D eigenvalue weighted by Gasteiger charge is -2.32. The molecule has 1 aliphatic rings. The van der Waals surface area contributed by atoms with Crippen LogP contribution in [0, 0.1) is 0 Å². The van der Waals surface area contributed by atoms with Crippen LogP contribution in [0.4, 0.5) is 5.69 Å². The van der Waals surface area contributed by atoms with E-state index in [0.717, 1.165) is 12.2 Å². The molecule has 1 heterocycles. The Hall–Kier alpha value is -1.00. The number of rotatable bonds is 4. The van der Waals surface area contributed by atoms with Crippen LogP contribution >= 0.6 is 11.8 Å². The molecule has 4 heteroatoms. The zero-order valence-electron chi connectivity index (χ0n) is 11.1. The van der Waals surface area contributed by atoms with Gasteiger partial charge in [-0.25, -0.2) is 0 Å². The van der Waals surface area contributed by atoms with E-state index >= 15 is 0 Å². The highest BCUT2D eigenvalue weighted by molar-refractivity contribution is 7.99. The molecule has 0 saturated carbocycles. The number of nitrogens with one attached hydrogen (secondary N) is 1. The average Bonchev–Trinajstić information content (AvgIpc) is 2.41. The molecule has 0 spiro atoms. The van der Waals surface area contributed by atoms with Gasteiger partial charge in [0.15, 0.2) is 0 Å². The van der Waals surface area contributed by atoms with Crippen LogP contribution in [0.1, 0.15) is 24.9 Å². The number of nitrogens with zero attached hydrogens (tertiary/aromatic N) is 1. The Morgan fingerprint density at radius 2 is 2.22 bits per heavy atom. The van der Waals surface area contributed by atoms with Crippen molar-refractivity contribution in [3.05, 3.63) is 29.8 Å². The maximum Gasteiger partial charge on any atom is 0.228 e. The first-order valence-electron chi connectivity index (χ1n) is 6.25. The molecule has 2 unspecified atom stereocenters. The smallest absolute Gasteiger partial charge is 0.228 e. The summed E-state index contributed by atoms with van der Waals surface area (Å²) in [5.74, 6) is 0.183. The van der Waals surface area contributed by atoms with Crippen molar-refractivity contribution in [1.82, 2.24) is 5.32 Å². The van der Waals surface area contributed by atoms with Crippen LogP contribution in [0.3, 0.4) is 0 Å². The molecule has 0 aliphatic carbocycles. The van der Waals surface area contributed by atoms with Gasteiger partial charge in [-0.3, -0.25) is 4.79 Å². The van der Waals surface area contributed by atoms with Crippen LogP contribution in [0.2, 0.25) is 0 Å². The summed E-state index contributed by atoms with van der Waals surface area (Å²) in [7, 11) is 1.85. The molecule has 2 atom stereocenters. The summed E-state index contributed by atoms with van der Waals surface area (Å²) in [4.78, 5) is 13.7. The Morgan fingerprint density at radius 1 is 1.50 bits per heavy atom. The van der Waals surface area contributed by atoms with Gasteiger partial charge < -0.3 is 10.2 Å². The molecule has 1 amide bonds. The van der Waals surface area contributed by atoms with Crippen molar-refractivity contribution in [1.29, 1.82) is 0 Å². The minimum atomic E-state index is 0.152. The third-order valence-electron chi connectivity index (χ3n) is 3.48. The molecule has 98 valence electrons. The summed E-state index contributed by atoms with van der Waals surface area (Å²) in [5, 5.41) is 4.07. The number of anilines is 1.